The van der Waals surface area contributed by atoms with Crippen molar-refractivity contribution in [1.82, 2.24) is 10.2 Å². The molecule has 0 radical (unpaired) electrons. The molecule has 5 nitrogen and oxygen atoms in total. The zero-order valence-electron chi connectivity index (χ0n) is 12.5. The summed E-state index contributed by atoms with van der Waals surface area (Å²) in [5.74, 6) is 0.387. The summed E-state index contributed by atoms with van der Waals surface area (Å²) in [6.07, 6.45) is 0. The molecule has 2 heterocycles. The van der Waals surface area contributed by atoms with Crippen molar-refractivity contribution in [2.75, 3.05) is 5.32 Å². The lowest BCUT2D eigenvalue weighted by Crippen LogP contribution is -2.13. The number of aromatic amines is 1. The van der Waals surface area contributed by atoms with Gasteiger partial charge in [0, 0.05) is 22.7 Å². The van der Waals surface area contributed by atoms with Gasteiger partial charge in [0.15, 0.2) is 5.82 Å². The standard InChI is InChI=1S/C16H19N3O2/c1-16(2,3)13-7-14(19-18-13)17-15(20)10-4-5-11-8-21-9-12(11)6-10/h4-7H,8-9H2,1-3H3,(H2,17,18,19,20). The molecule has 1 aromatic carbocycles. The van der Waals surface area contributed by atoms with Crippen LogP contribution in [0.3, 0.4) is 0 Å². The molecule has 0 fully saturated rings. The van der Waals surface area contributed by atoms with E-state index in [9.17, 15) is 4.79 Å². The van der Waals surface area contributed by atoms with E-state index in [2.05, 4.69) is 36.3 Å². The molecule has 5 heteroatoms. The van der Waals surface area contributed by atoms with Crippen LogP contribution in [-0.4, -0.2) is 16.1 Å². The monoisotopic (exact) mass is 285 g/mol. The number of nitrogens with one attached hydrogen (secondary N) is 2. The number of amides is 1. The summed E-state index contributed by atoms with van der Waals surface area (Å²) in [5.41, 5.74) is 3.82. The van der Waals surface area contributed by atoms with Gasteiger partial charge in [-0.1, -0.05) is 26.8 Å². The van der Waals surface area contributed by atoms with Gasteiger partial charge in [-0.15, -0.1) is 0 Å². The van der Waals surface area contributed by atoms with Crippen molar-refractivity contribution in [2.24, 2.45) is 0 Å². The van der Waals surface area contributed by atoms with Crippen LogP contribution in [0.5, 0.6) is 0 Å². The maximum absolute atomic E-state index is 12.3. The molecule has 1 amide bonds. The van der Waals surface area contributed by atoms with Crippen LogP contribution in [0.25, 0.3) is 0 Å². The number of nitrogens with zero attached hydrogens (tertiary/aromatic N) is 1. The van der Waals surface area contributed by atoms with Crippen LogP contribution in [0, 0.1) is 0 Å². The zero-order chi connectivity index (χ0) is 15.0. The van der Waals surface area contributed by atoms with E-state index in [1.165, 1.54) is 0 Å². The summed E-state index contributed by atoms with van der Waals surface area (Å²) in [6.45, 7) is 7.48. The number of benzene rings is 1. The van der Waals surface area contributed by atoms with E-state index in [0.29, 0.717) is 24.6 Å². The number of aromatic nitrogens is 2. The highest BCUT2D eigenvalue weighted by Gasteiger charge is 2.18. The van der Waals surface area contributed by atoms with Crippen LogP contribution < -0.4 is 5.32 Å². The predicted octanol–water partition coefficient (Wildman–Crippen LogP) is 2.99. The van der Waals surface area contributed by atoms with Gasteiger partial charge < -0.3 is 10.1 Å². The minimum Gasteiger partial charge on any atom is -0.372 e. The Balaban J connectivity index is 1.76. The highest BCUT2D eigenvalue weighted by molar-refractivity contribution is 6.03. The molecule has 0 saturated carbocycles. The lowest BCUT2D eigenvalue weighted by atomic mass is 9.92. The maximum Gasteiger partial charge on any atom is 0.256 e. The van der Waals surface area contributed by atoms with Crippen LogP contribution in [0.4, 0.5) is 5.82 Å². The minimum atomic E-state index is -0.156. The van der Waals surface area contributed by atoms with Crippen LogP contribution >= 0.6 is 0 Å². The van der Waals surface area contributed by atoms with Crippen LogP contribution in [0.1, 0.15) is 48.0 Å². The van der Waals surface area contributed by atoms with Gasteiger partial charge in [-0.05, 0) is 23.3 Å². The summed E-state index contributed by atoms with van der Waals surface area (Å²) in [5, 5.41) is 9.92. The summed E-state index contributed by atoms with van der Waals surface area (Å²) in [6, 6.07) is 7.52. The number of hydrogen-bond acceptors (Lipinski definition) is 3. The van der Waals surface area contributed by atoms with Gasteiger partial charge in [0.05, 0.1) is 13.2 Å². The van der Waals surface area contributed by atoms with E-state index >= 15 is 0 Å². The van der Waals surface area contributed by atoms with E-state index in [0.717, 1.165) is 16.8 Å². The fourth-order valence-corrected chi connectivity index (χ4v) is 2.27. The average Bonchev–Trinajstić information content (AvgIpc) is 3.04. The van der Waals surface area contributed by atoms with Crippen molar-refractivity contribution in [1.29, 1.82) is 0 Å². The first-order chi connectivity index (χ1) is 9.93. The number of anilines is 1. The quantitative estimate of drug-likeness (QED) is 0.891. The van der Waals surface area contributed by atoms with Crippen molar-refractivity contribution >= 4 is 11.7 Å². The van der Waals surface area contributed by atoms with Gasteiger partial charge in [-0.2, -0.15) is 5.10 Å². The lowest BCUT2D eigenvalue weighted by molar-refractivity contribution is 0.102. The molecule has 0 unspecified atom stereocenters. The lowest BCUT2D eigenvalue weighted by Gasteiger charge is -2.14. The summed E-state index contributed by atoms with van der Waals surface area (Å²) >= 11 is 0. The Morgan fingerprint density at radius 1 is 1.24 bits per heavy atom. The van der Waals surface area contributed by atoms with E-state index in [4.69, 9.17) is 4.74 Å². The van der Waals surface area contributed by atoms with E-state index in [1.54, 1.807) is 0 Å². The van der Waals surface area contributed by atoms with Crippen molar-refractivity contribution in [3.63, 3.8) is 0 Å². The molecular weight excluding hydrogens is 266 g/mol. The van der Waals surface area contributed by atoms with Gasteiger partial charge in [0.25, 0.3) is 5.91 Å². The van der Waals surface area contributed by atoms with E-state index in [-0.39, 0.29) is 11.3 Å². The highest BCUT2D eigenvalue weighted by Crippen LogP contribution is 2.23. The first-order valence-electron chi connectivity index (χ1n) is 7.00. The average molecular weight is 285 g/mol. The number of hydrogen-bond donors (Lipinski definition) is 2. The van der Waals surface area contributed by atoms with Gasteiger partial charge >= 0.3 is 0 Å². The third kappa shape index (κ3) is 2.83. The molecule has 2 aromatic rings. The molecular formula is C16H19N3O2. The molecule has 2 N–H and O–H groups in total. The molecule has 21 heavy (non-hydrogen) atoms. The summed E-state index contributed by atoms with van der Waals surface area (Å²) in [7, 11) is 0. The van der Waals surface area contributed by atoms with Gasteiger partial charge in [-0.25, -0.2) is 0 Å². The molecule has 1 aliphatic rings. The second-order valence-corrected chi connectivity index (χ2v) is 6.35. The Kier molecular flexibility index (Phi) is 3.29. The summed E-state index contributed by atoms with van der Waals surface area (Å²) < 4.78 is 5.36. The summed E-state index contributed by atoms with van der Waals surface area (Å²) in [4.78, 5) is 12.3. The minimum absolute atomic E-state index is 0.0269. The predicted molar refractivity (Wildman–Crippen MR) is 80.2 cm³/mol. The van der Waals surface area contributed by atoms with Crippen molar-refractivity contribution in [2.45, 2.75) is 39.4 Å². The van der Waals surface area contributed by atoms with E-state index < -0.39 is 0 Å². The second-order valence-electron chi connectivity index (χ2n) is 6.35. The Morgan fingerprint density at radius 3 is 2.71 bits per heavy atom. The number of fused-ring (bicyclic) bond motifs is 1. The number of carbonyl (C=O) groups excluding carboxylic acids is 1. The first kappa shape index (κ1) is 13.8. The number of carbonyl (C=O) groups is 1. The molecule has 0 bridgehead atoms. The molecule has 0 aliphatic carbocycles. The Labute approximate surface area is 123 Å². The normalized spacial score (nSPS) is 14.0. The fraction of sp³-hybridized carbons (Fsp3) is 0.375. The third-order valence-corrected chi connectivity index (χ3v) is 3.61. The highest BCUT2D eigenvalue weighted by atomic mass is 16.5. The molecule has 1 aliphatic heterocycles. The molecule has 0 saturated heterocycles. The van der Waals surface area contributed by atoms with E-state index in [1.807, 2.05) is 24.3 Å². The number of H-pyrrole nitrogens is 1. The third-order valence-electron chi connectivity index (χ3n) is 3.61. The van der Waals surface area contributed by atoms with Crippen LogP contribution in [0.15, 0.2) is 24.3 Å². The Morgan fingerprint density at radius 2 is 2.00 bits per heavy atom. The first-order valence-corrected chi connectivity index (χ1v) is 7.00. The van der Waals surface area contributed by atoms with Gasteiger partial charge in [0.1, 0.15) is 0 Å². The van der Waals surface area contributed by atoms with Gasteiger partial charge in [0.2, 0.25) is 0 Å². The largest absolute Gasteiger partial charge is 0.372 e. The topological polar surface area (TPSA) is 67.0 Å². The molecule has 0 atom stereocenters. The van der Waals surface area contributed by atoms with Crippen LogP contribution in [-0.2, 0) is 23.4 Å². The fourth-order valence-electron chi connectivity index (χ4n) is 2.27. The molecule has 110 valence electrons. The number of rotatable bonds is 2. The smallest absolute Gasteiger partial charge is 0.256 e. The zero-order valence-corrected chi connectivity index (χ0v) is 12.5. The SMILES string of the molecule is CC(C)(C)c1cc(NC(=O)c2ccc3c(c2)COC3)n[nH]1. The Bertz CT molecular complexity index is 683. The molecule has 1 aromatic heterocycles. The Hall–Kier alpha value is -2.14. The maximum atomic E-state index is 12.3. The van der Waals surface area contributed by atoms with Crippen molar-refractivity contribution < 1.29 is 9.53 Å². The molecule has 3 rings (SSSR count). The second kappa shape index (κ2) is 5.00. The van der Waals surface area contributed by atoms with Crippen molar-refractivity contribution in [3.05, 3.63) is 46.6 Å². The van der Waals surface area contributed by atoms with Crippen LogP contribution in [0.2, 0.25) is 0 Å². The van der Waals surface area contributed by atoms with Crippen molar-refractivity contribution in [3.8, 4) is 0 Å². The number of ether oxygens (including phenoxy) is 1. The molecule has 0 spiro atoms. The van der Waals surface area contributed by atoms with Gasteiger partial charge in [-0.3, -0.25) is 9.89 Å².